The lowest BCUT2D eigenvalue weighted by Gasteiger charge is -2.14. The summed E-state index contributed by atoms with van der Waals surface area (Å²) < 4.78 is 0. The minimum Gasteiger partial charge on any atom is -0.384 e. The number of hydrogen-bond acceptors (Lipinski definition) is 3. The average molecular weight is 291 g/mol. The Morgan fingerprint density at radius 2 is 1.90 bits per heavy atom. The van der Waals surface area contributed by atoms with E-state index in [2.05, 4.69) is 47.6 Å². The van der Waals surface area contributed by atoms with Crippen LogP contribution in [-0.4, -0.2) is 44.5 Å². The predicted octanol–water partition coefficient (Wildman–Crippen LogP) is 2.68. The molecule has 0 saturated carbocycles. The van der Waals surface area contributed by atoms with Crippen LogP contribution in [0, 0.1) is 0 Å². The van der Waals surface area contributed by atoms with Crippen LogP contribution in [0.25, 0.3) is 0 Å². The third-order valence-electron chi connectivity index (χ3n) is 3.35. The van der Waals surface area contributed by atoms with Crippen LogP contribution >= 0.6 is 0 Å². The molecule has 21 heavy (non-hydrogen) atoms. The summed E-state index contributed by atoms with van der Waals surface area (Å²) in [5.74, 6) is 0.594. The number of nitrogens with zero attached hydrogens (tertiary/aromatic N) is 1. The van der Waals surface area contributed by atoms with Gasteiger partial charge in [-0.3, -0.25) is 4.79 Å². The molecular weight excluding hydrogens is 262 g/mol. The van der Waals surface area contributed by atoms with Crippen molar-refractivity contribution >= 4 is 11.6 Å². The molecule has 0 aliphatic carbocycles. The number of anilines is 1. The molecule has 1 rings (SSSR count). The molecular formula is C17H29N3O. The summed E-state index contributed by atoms with van der Waals surface area (Å²) >= 11 is 0. The minimum absolute atomic E-state index is 0.114. The first-order valence-electron chi connectivity index (χ1n) is 7.75. The Morgan fingerprint density at radius 1 is 1.19 bits per heavy atom. The summed E-state index contributed by atoms with van der Waals surface area (Å²) in [6.45, 7) is 6.78. The van der Waals surface area contributed by atoms with E-state index in [1.165, 1.54) is 5.56 Å². The maximum Gasteiger partial charge on any atom is 0.221 e. The Labute approximate surface area is 128 Å². The van der Waals surface area contributed by atoms with Gasteiger partial charge in [-0.2, -0.15) is 0 Å². The zero-order chi connectivity index (χ0) is 15.7. The summed E-state index contributed by atoms with van der Waals surface area (Å²) in [6, 6.07) is 8.28. The van der Waals surface area contributed by atoms with Gasteiger partial charge >= 0.3 is 0 Å². The van der Waals surface area contributed by atoms with Gasteiger partial charge in [0.25, 0.3) is 0 Å². The van der Waals surface area contributed by atoms with Gasteiger partial charge in [0.15, 0.2) is 0 Å². The highest BCUT2D eigenvalue weighted by atomic mass is 16.1. The Hall–Kier alpha value is -1.55. The lowest BCUT2D eigenvalue weighted by molar-refractivity contribution is -0.120. The van der Waals surface area contributed by atoms with Crippen molar-refractivity contribution in [1.29, 1.82) is 0 Å². The molecule has 0 saturated heterocycles. The molecule has 0 fully saturated rings. The molecule has 4 nitrogen and oxygen atoms in total. The summed E-state index contributed by atoms with van der Waals surface area (Å²) in [5, 5.41) is 6.32. The number of benzene rings is 1. The summed E-state index contributed by atoms with van der Waals surface area (Å²) in [5.41, 5.74) is 2.43. The lowest BCUT2D eigenvalue weighted by atomic mass is 10.0. The first-order chi connectivity index (χ1) is 10.0. The van der Waals surface area contributed by atoms with Gasteiger partial charge in [0.05, 0.1) is 0 Å². The van der Waals surface area contributed by atoms with Crippen LogP contribution in [0.5, 0.6) is 0 Å². The number of nitrogens with one attached hydrogen (secondary N) is 2. The molecule has 1 aromatic rings. The van der Waals surface area contributed by atoms with Gasteiger partial charge in [0.1, 0.15) is 0 Å². The Morgan fingerprint density at radius 3 is 2.57 bits per heavy atom. The first-order valence-corrected chi connectivity index (χ1v) is 7.75. The quantitative estimate of drug-likeness (QED) is 0.688. The van der Waals surface area contributed by atoms with Crippen molar-refractivity contribution in [3.8, 4) is 0 Å². The maximum atomic E-state index is 11.7. The van der Waals surface area contributed by atoms with E-state index in [4.69, 9.17) is 0 Å². The Balaban J connectivity index is 2.26. The molecule has 118 valence electrons. The second kappa shape index (κ2) is 9.40. The van der Waals surface area contributed by atoms with Gasteiger partial charge in [-0.1, -0.05) is 32.0 Å². The van der Waals surface area contributed by atoms with E-state index in [1.807, 2.05) is 20.2 Å². The minimum atomic E-state index is 0.114. The topological polar surface area (TPSA) is 44.4 Å². The number of carbonyl (C=O) groups is 1. The van der Waals surface area contributed by atoms with Crippen LogP contribution < -0.4 is 10.6 Å². The monoisotopic (exact) mass is 291 g/mol. The van der Waals surface area contributed by atoms with E-state index >= 15 is 0 Å². The van der Waals surface area contributed by atoms with Gasteiger partial charge in [0, 0.05) is 25.2 Å². The molecule has 0 aliphatic rings. The zero-order valence-electron chi connectivity index (χ0n) is 13.8. The molecule has 0 bridgehead atoms. The molecule has 1 aromatic carbocycles. The molecule has 0 radical (unpaired) electrons. The first kappa shape index (κ1) is 17.5. The molecule has 0 aliphatic heterocycles. The van der Waals surface area contributed by atoms with Crippen molar-refractivity contribution in [2.24, 2.45) is 0 Å². The number of amides is 1. The van der Waals surface area contributed by atoms with E-state index in [0.717, 1.165) is 25.2 Å². The molecule has 0 unspecified atom stereocenters. The highest BCUT2D eigenvalue weighted by Crippen LogP contribution is 2.23. The van der Waals surface area contributed by atoms with Crippen LogP contribution in [0.1, 0.15) is 38.2 Å². The molecule has 0 atom stereocenters. The number of rotatable bonds is 9. The van der Waals surface area contributed by atoms with Crippen LogP contribution in [0.3, 0.4) is 0 Å². The van der Waals surface area contributed by atoms with Crippen LogP contribution in [0.15, 0.2) is 24.3 Å². The number of carbonyl (C=O) groups excluding carboxylic acids is 1. The second-order valence-corrected chi connectivity index (χ2v) is 5.93. The standard InChI is InChI=1S/C17H29N3O/c1-14(2)15-8-5-6-9-16(15)18-12-10-17(21)19-11-7-13-20(3)4/h5-6,8-9,14,18H,7,10-13H2,1-4H3,(H,19,21). The maximum absolute atomic E-state index is 11.7. The third kappa shape index (κ3) is 7.14. The lowest BCUT2D eigenvalue weighted by Crippen LogP contribution is -2.28. The fraction of sp³-hybridized carbons (Fsp3) is 0.588. The molecule has 0 heterocycles. The fourth-order valence-electron chi connectivity index (χ4n) is 2.18. The smallest absolute Gasteiger partial charge is 0.221 e. The summed E-state index contributed by atoms with van der Waals surface area (Å²) in [6.07, 6.45) is 1.50. The Bertz CT molecular complexity index is 430. The van der Waals surface area contributed by atoms with Crippen LogP contribution in [-0.2, 0) is 4.79 Å². The number of hydrogen-bond donors (Lipinski definition) is 2. The van der Waals surface area contributed by atoms with Crippen molar-refractivity contribution in [1.82, 2.24) is 10.2 Å². The van der Waals surface area contributed by atoms with Crippen molar-refractivity contribution in [2.45, 2.75) is 32.6 Å². The summed E-state index contributed by atoms with van der Waals surface area (Å²) in [7, 11) is 4.08. The Kier molecular flexibility index (Phi) is 7.83. The molecule has 2 N–H and O–H groups in total. The SMILES string of the molecule is CC(C)c1ccccc1NCCC(=O)NCCCN(C)C. The van der Waals surface area contributed by atoms with Gasteiger partial charge in [-0.15, -0.1) is 0 Å². The average Bonchev–Trinajstić information content (AvgIpc) is 2.44. The highest BCUT2D eigenvalue weighted by Gasteiger charge is 2.06. The largest absolute Gasteiger partial charge is 0.384 e. The van der Waals surface area contributed by atoms with Gasteiger partial charge in [0.2, 0.25) is 5.91 Å². The fourth-order valence-corrected chi connectivity index (χ4v) is 2.18. The predicted molar refractivity (Wildman–Crippen MR) is 89.8 cm³/mol. The van der Waals surface area contributed by atoms with E-state index < -0.39 is 0 Å². The van der Waals surface area contributed by atoms with E-state index in [-0.39, 0.29) is 5.91 Å². The third-order valence-corrected chi connectivity index (χ3v) is 3.35. The van der Waals surface area contributed by atoms with Crippen molar-refractivity contribution in [3.63, 3.8) is 0 Å². The van der Waals surface area contributed by atoms with Crippen molar-refractivity contribution in [2.75, 3.05) is 39.0 Å². The molecule has 0 aromatic heterocycles. The van der Waals surface area contributed by atoms with E-state index in [0.29, 0.717) is 18.9 Å². The molecule has 1 amide bonds. The highest BCUT2D eigenvalue weighted by molar-refractivity contribution is 5.76. The molecule has 4 heteroatoms. The number of para-hydroxylation sites is 1. The van der Waals surface area contributed by atoms with Crippen LogP contribution in [0.4, 0.5) is 5.69 Å². The van der Waals surface area contributed by atoms with Crippen molar-refractivity contribution < 1.29 is 4.79 Å². The van der Waals surface area contributed by atoms with Gasteiger partial charge in [-0.25, -0.2) is 0 Å². The van der Waals surface area contributed by atoms with Crippen molar-refractivity contribution in [3.05, 3.63) is 29.8 Å². The van der Waals surface area contributed by atoms with Gasteiger partial charge in [-0.05, 0) is 44.6 Å². The van der Waals surface area contributed by atoms with E-state index in [9.17, 15) is 4.79 Å². The van der Waals surface area contributed by atoms with Gasteiger partial charge < -0.3 is 15.5 Å². The molecule has 0 spiro atoms. The summed E-state index contributed by atoms with van der Waals surface area (Å²) in [4.78, 5) is 13.9. The second-order valence-electron chi connectivity index (χ2n) is 5.93. The van der Waals surface area contributed by atoms with E-state index in [1.54, 1.807) is 0 Å². The van der Waals surface area contributed by atoms with Crippen LogP contribution in [0.2, 0.25) is 0 Å². The zero-order valence-corrected chi connectivity index (χ0v) is 13.8. The normalized spacial score (nSPS) is 11.0.